The first-order valence-corrected chi connectivity index (χ1v) is 11.3. The molecule has 1 saturated heterocycles. The van der Waals surface area contributed by atoms with Crippen molar-refractivity contribution in [3.63, 3.8) is 0 Å². The van der Waals surface area contributed by atoms with Crippen LogP contribution in [0.15, 0.2) is 47.6 Å². The summed E-state index contributed by atoms with van der Waals surface area (Å²) in [5.41, 5.74) is 2.33. The van der Waals surface area contributed by atoms with E-state index in [0.29, 0.717) is 24.4 Å². The van der Waals surface area contributed by atoms with Gasteiger partial charge in [-0.15, -0.1) is 0 Å². The molecule has 0 atom stereocenters. The van der Waals surface area contributed by atoms with E-state index in [9.17, 15) is 13.2 Å². The monoisotopic (exact) mass is 428 g/mol. The fourth-order valence-corrected chi connectivity index (χ4v) is 5.29. The van der Waals surface area contributed by atoms with E-state index in [-0.39, 0.29) is 16.3 Å². The minimum atomic E-state index is -3.72. The number of carbonyl (C=O) groups excluding carboxylic acids is 1. The average Bonchev–Trinajstić information content (AvgIpc) is 3.17. The Bertz CT molecular complexity index is 1200. The lowest BCUT2D eigenvalue weighted by molar-refractivity contribution is 0.102. The van der Waals surface area contributed by atoms with Crippen LogP contribution in [-0.2, 0) is 10.0 Å². The Kier molecular flexibility index (Phi) is 5.48. The lowest BCUT2D eigenvalue weighted by Crippen LogP contribution is -2.35. The van der Waals surface area contributed by atoms with Gasteiger partial charge in [-0.3, -0.25) is 4.79 Å². The highest BCUT2D eigenvalue weighted by Crippen LogP contribution is 2.31. The van der Waals surface area contributed by atoms with E-state index in [2.05, 4.69) is 10.3 Å². The summed E-state index contributed by atoms with van der Waals surface area (Å²) in [6.07, 6.45) is 6.18. The Morgan fingerprint density at radius 1 is 1.13 bits per heavy atom. The number of fused-ring (bicyclic) bond motifs is 1. The number of nitrogens with zero attached hydrogens (tertiary/aromatic N) is 3. The third-order valence-corrected chi connectivity index (χ3v) is 7.12. The van der Waals surface area contributed by atoms with Crippen LogP contribution in [0.3, 0.4) is 0 Å². The Hall–Kier alpha value is -2.91. The summed E-state index contributed by atoms with van der Waals surface area (Å²) in [6.45, 7) is 2.93. The van der Waals surface area contributed by atoms with Crippen LogP contribution in [0.25, 0.3) is 5.65 Å². The Morgan fingerprint density at radius 2 is 1.90 bits per heavy atom. The lowest BCUT2D eigenvalue weighted by atomic mass is 10.2. The highest BCUT2D eigenvalue weighted by Gasteiger charge is 2.29. The molecule has 1 aliphatic heterocycles. The molecule has 1 amide bonds. The Balaban J connectivity index is 1.62. The number of benzene rings is 1. The largest absolute Gasteiger partial charge is 0.495 e. The molecule has 4 rings (SSSR count). The first-order valence-electron chi connectivity index (χ1n) is 9.83. The normalized spacial score (nSPS) is 15.3. The summed E-state index contributed by atoms with van der Waals surface area (Å²) in [4.78, 5) is 17.1. The summed E-state index contributed by atoms with van der Waals surface area (Å²) in [6, 6.07) is 8.43. The predicted molar refractivity (Wildman–Crippen MR) is 113 cm³/mol. The number of sulfonamides is 1. The second kappa shape index (κ2) is 8.08. The molecule has 1 aromatic carbocycles. The molecule has 30 heavy (non-hydrogen) atoms. The number of imidazole rings is 1. The molecule has 0 bridgehead atoms. The maximum Gasteiger partial charge on any atom is 0.275 e. The number of aromatic nitrogens is 2. The van der Waals surface area contributed by atoms with E-state index in [1.807, 2.05) is 25.3 Å². The topological polar surface area (TPSA) is 93.0 Å². The molecule has 3 aromatic rings. The second-order valence-corrected chi connectivity index (χ2v) is 9.29. The lowest BCUT2D eigenvalue weighted by Gasteiger charge is -2.26. The van der Waals surface area contributed by atoms with Crippen LogP contribution in [0.2, 0.25) is 0 Å². The van der Waals surface area contributed by atoms with Crippen molar-refractivity contribution in [2.45, 2.75) is 31.1 Å². The number of amides is 1. The van der Waals surface area contributed by atoms with Gasteiger partial charge < -0.3 is 14.5 Å². The van der Waals surface area contributed by atoms with Gasteiger partial charge in [-0.05, 0) is 55.7 Å². The molecule has 0 spiro atoms. The molecule has 0 aliphatic carbocycles. The average molecular weight is 429 g/mol. The van der Waals surface area contributed by atoms with Crippen molar-refractivity contribution in [3.8, 4) is 5.75 Å². The van der Waals surface area contributed by atoms with E-state index in [0.717, 1.165) is 24.8 Å². The van der Waals surface area contributed by atoms with E-state index in [4.69, 9.17) is 4.74 Å². The summed E-state index contributed by atoms with van der Waals surface area (Å²) in [7, 11) is -2.28. The number of rotatable bonds is 5. The number of methoxy groups -OCH3 is 1. The van der Waals surface area contributed by atoms with E-state index >= 15 is 0 Å². The molecule has 9 heteroatoms. The molecule has 8 nitrogen and oxygen atoms in total. The van der Waals surface area contributed by atoms with Crippen LogP contribution in [-0.4, -0.2) is 48.2 Å². The zero-order valence-electron chi connectivity index (χ0n) is 17.0. The number of pyridine rings is 1. The first kappa shape index (κ1) is 20.4. The Labute approximate surface area is 175 Å². The van der Waals surface area contributed by atoms with Crippen LogP contribution in [0.4, 0.5) is 5.69 Å². The molecule has 3 heterocycles. The summed E-state index contributed by atoms with van der Waals surface area (Å²) in [5.74, 6) is -0.162. The third-order valence-electron chi connectivity index (χ3n) is 5.20. The highest BCUT2D eigenvalue weighted by molar-refractivity contribution is 7.89. The molecule has 1 aliphatic rings. The van der Waals surface area contributed by atoms with Crippen molar-refractivity contribution in [1.29, 1.82) is 0 Å². The number of aryl methyl sites for hydroxylation is 1. The maximum absolute atomic E-state index is 13.1. The van der Waals surface area contributed by atoms with E-state index in [1.165, 1.54) is 17.5 Å². The minimum absolute atomic E-state index is 0.0512. The molecule has 0 radical (unpaired) electrons. The van der Waals surface area contributed by atoms with Gasteiger partial charge in [-0.25, -0.2) is 13.4 Å². The van der Waals surface area contributed by atoms with Gasteiger partial charge in [0.1, 0.15) is 22.0 Å². The fourth-order valence-electron chi connectivity index (χ4n) is 3.59. The summed E-state index contributed by atoms with van der Waals surface area (Å²) >= 11 is 0. The van der Waals surface area contributed by atoms with Crippen LogP contribution < -0.4 is 10.1 Å². The van der Waals surface area contributed by atoms with Gasteiger partial charge in [0.2, 0.25) is 10.0 Å². The molecular formula is C21H24N4O4S. The van der Waals surface area contributed by atoms with Gasteiger partial charge >= 0.3 is 0 Å². The third kappa shape index (κ3) is 3.90. The quantitative estimate of drug-likeness (QED) is 0.674. The number of nitrogens with one attached hydrogen (secondary N) is 1. The molecule has 0 unspecified atom stereocenters. The molecule has 2 aromatic heterocycles. The highest BCUT2D eigenvalue weighted by atomic mass is 32.2. The minimum Gasteiger partial charge on any atom is -0.495 e. The number of piperidine rings is 1. The zero-order chi connectivity index (χ0) is 21.3. The zero-order valence-corrected chi connectivity index (χ0v) is 17.8. The molecular weight excluding hydrogens is 404 g/mol. The number of carbonyl (C=O) groups is 1. The van der Waals surface area contributed by atoms with Crippen molar-refractivity contribution in [1.82, 2.24) is 13.7 Å². The van der Waals surface area contributed by atoms with Crippen LogP contribution in [0, 0.1) is 6.92 Å². The summed E-state index contributed by atoms with van der Waals surface area (Å²) < 4.78 is 34.8. The van der Waals surface area contributed by atoms with Gasteiger partial charge in [0.05, 0.1) is 7.11 Å². The molecule has 1 fully saturated rings. The molecule has 0 saturated carbocycles. The number of hydrogen-bond donors (Lipinski definition) is 1. The smallest absolute Gasteiger partial charge is 0.275 e. The number of ether oxygens (including phenoxy) is 1. The second-order valence-electron chi connectivity index (χ2n) is 7.38. The predicted octanol–water partition coefficient (Wildman–Crippen LogP) is 3.08. The van der Waals surface area contributed by atoms with Gasteiger partial charge in [-0.1, -0.05) is 6.42 Å². The van der Waals surface area contributed by atoms with Crippen molar-refractivity contribution in [3.05, 3.63) is 54.0 Å². The number of anilines is 1. The van der Waals surface area contributed by atoms with Crippen molar-refractivity contribution in [2.75, 3.05) is 25.5 Å². The van der Waals surface area contributed by atoms with Crippen molar-refractivity contribution in [2.24, 2.45) is 0 Å². The van der Waals surface area contributed by atoms with Crippen LogP contribution in [0.1, 0.15) is 35.3 Å². The van der Waals surface area contributed by atoms with Gasteiger partial charge in [0.25, 0.3) is 5.91 Å². The standard InChI is InChI=1S/C21H24N4O4S/c1-15-8-11-24-14-17(23-20(24)12-15)21(26)22-16-6-7-18(29-2)19(13-16)30(27,28)25-9-4-3-5-10-25/h6-8,11-14H,3-5,9-10H2,1-2H3,(H,22,26). The Morgan fingerprint density at radius 3 is 2.63 bits per heavy atom. The van der Waals surface area contributed by atoms with Gasteiger partial charge in [0, 0.05) is 31.2 Å². The van der Waals surface area contributed by atoms with Crippen molar-refractivity contribution >= 4 is 27.3 Å². The van der Waals surface area contributed by atoms with Crippen LogP contribution >= 0.6 is 0 Å². The van der Waals surface area contributed by atoms with E-state index in [1.54, 1.807) is 22.7 Å². The van der Waals surface area contributed by atoms with Gasteiger partial charge in [0.15, 0.2) is 0 Å². The van der Waals surface area contributed by atoms with Crippen LogP contribution in [0.5, 0.6) is 5.75 Å². The fraction of sp³-hybridized carbons (Fsp3) is 0.333. The molecule has 1 N–H and O–H groups in total. The van der Waals surface area contributed by atoms with E-state index < -0.39 is 15.9 Å². The van der Waals surface area contributed by atoms with Crippen molar-refractivity contribution < 1.29 is 17.9 Å². The SMILES string of the molecule is COc1ccc(NC(=O)c2cn3ccc(C)cc3n2)cc1S(=O)(=O)N1CCCCC1. The number of hydrogen-bond acceptors (Lipinski definition) is 5. The van der Waals surface area contributed by atoms with Gasteiger partial charge in [-0.2, -0.15) is 4.31 Å². The first-order chi connectivity index (χ1) is 14.4. The summed E-state index contributed by atoms with van der Waals surface area (Å²) in [5, 5.41) is 2.75. The maximum atomic E-state index is 13.1. The molecule has 158 valence electrons.